The maximum absolute atomic E-state index is 13.3. The van der Waals surface area contributed by atoms with Crippen molar-refractivity contribution in [3.63, 3.8) is 0 Å². The van der Waals surface area contributed by atoms with Crippen LogP contribution in [0.3, 0.4) is 0 Å². The Hall–Kier alpha value is -2.12. The van der Waals surface area contributed by atoms with Crippen molar-refractivity contribution in [1.29, 1.82) is 0 Å². The highest BCUT2D eigenvalue weighted by Crippen LogP contribution is 2.30. The number of carboxylic acids is 1. The molecular formula is C13H13F4NO3. The van der Waals surface area contributed by atoms with Crippen molar-refractivity contribution >= 4 is 11.9 Å². The molecule has 1 amide bonds. The first-order valence-corrected chi connectivity index (χ1v) is 5.93. The van der Waals surface area contributed by atoms with Crippen molar-refractivity contribution in [2.45, 2.75) is 26.1 Å². The Bertz CT molecular complexity index is 555. The molecule has 8 heteroatoms. The fraction of sp³-hybridized carbons (Fsp3) is 0.385. The topological polar surface area (TPSA) is 57.6 Å². The van der Waals surface area contributed by atoms with E-state index in [0.29, 0.717) is 12.1 Å². The molecule has 4 nitrogen and oxygen atoms in total. The molecule has 1 aromatic carbocycles. The Balaban J connectivity index is 3.22. The summed E-state index contributed by atoms with van der Waals surface area (Å²) in [7, 11) is 0. The molecule has 0 aliphatic rings. The highest BCUT2D eigenvalue weighted by molar-refractivity contribution is 5.96. The van der Waals surface area contributed by atoms with Crippen LogP contribution in [0.5, 0.6) is 0 Å². The Labute approximate surface area is 118 Å². The Kier molecular flexibility index (Phi) is 4.93. The number of carboxylic acid groups (broad SMARTS) is 1. The summed E-state index contributed by atoms with van der Waals surface area (Å²) in [5.41, 5.74) is -1.85. The van der Waals surface area contributed by atoms with Crippen LogP contribution in [0.1, 0.15) is 29.8 Å². The molecule has 0 unspecified atom stereocenters. The predicted molar refractivity (Wildman–Crippen MR) is 65.2 cm³/mol. The van der Waals surface area contributed by atoms with Gasteiger partial charge in [0, 0.05) is 11.6 Å². The molecule has 1 aromatic rings. The van der Waals surface area contributed by atoms with E-state index in [1.54, 1.807) is 0 Å². The average Bonchev–Trinajstić information content (AvgIpc) is 2.32. The Morgan fingerprint density at radius 2 is 1.81 bits per heavy atom. The summed E-state index contributed by atoms with van der Waals surface area (Å²) >= 11 is 0. The van der Waals surface area contributed by atoms with Crippen LogP contribution in [0.4, 0.5) is 17.6 Å². The molecule has 0 saturated carbocycles. The molecule has 1 N–H and O–H groups in total. The third-order valence-corrected chi connectivity index (χ3v) is 2.66. The van der Waals surface area contributed by atoms with E-state index in [-0.39, 0.29) is 6.07 Å². The van der Waals surface area contributed by atoms with Crippen molar-refractivity contribution in [2.75, 3.05) is 6.54 Å². The van der Waals surface area contributed by atoms with Gasteiger partial charge in [0.25, 0.3) is 5.91 Å². The molecule has 0 radical (unpaired) electrons. The zero-order chi connectivity index (χ0) is 16.4. The largest absolute Gasteiger partial charge is 0.480 e. The van der Waals surface area contributed by atoms with Crippen LogP contribution in [-0.4, -0.2) is 34.5 Å². The number of alkyl halides is 3. The summed E-state index contributed by atoms with van der Waals surface area (Å²) in [5, 5.41) is 8.72. The molecule has 0 saturated heterocycles. The lowest BCUT2D eigenvalue weighted by atomic mass is 10.1. The number of benzene rings is 1. The van der Waals surface area contributed by atoms with Gasteiger partial charge in [0.15, 0.2) is 0 Å². The minimum absolute atomic E-state index is 0.272. The summed E-state index contributed by atoms with van der Waals surface area (Å²) in [6, 6.07) is 0.858. The minimum atomic E-state index is -4.80. The normalized spacial score (nSPS) is 11.6. The summed E-state index contributed by atoms with van der Waals surface area (Å²) in [6.07, 6.45) is -4.80. The summed E-state index contributed by atoms with van der Waals surface area (Å²) in [5.74, 6) is -3.51. The Morgan fingerprint density at radius 1 is 1.24 bits per heavy atom. The first kappa shape index (κ1) is 16.9. The molecular weight excluding hydrogens is 294 g/mol. The van der Waals surface area contributed by atoms with Gasteiger partial charge in [0.2, 0.25) is 0 Å². The quantitative estimate of drug-likeness (QED) is 0.870. The molecule has 21 heavy (non-hydrogen) atoms. The van der Waals surface area contributed by atoms with E-state index < -0.39 is 47.6 Å². The predicted octanol–water partition coefficient (Wildman–Crippen LogP) is 2.78. The van der Waals surface area contributed by atoms with Crippen molar-refractivity contribution < 1.29 is 32.3 Å². The van der Waals surface area contributed by atoms with Gasteiger partial charge in [0.05, 0.1) is 5.56 Å². The molecule has 0 spiro atoms. The van der Waals surface area contributed by atoms with E-state index in [9.17, 15) is 27.2 Å². The fourth-order valence-electron chi connectivity index (χ4n) is 1.68. The minimum Gasteiger partial charge on any atom is -0.480 e. The highest BCUT2D eigenvalue weighted by Gasteiger charge is 2.32. The van der Waals surface area contributed by atoms with Crippen LogP contribution < -0.4 is 0 Å². The van der Waals surface area contributed by atoms with E-state index in [1.807, 2.05) is 0 Å². The number of hydrogen-bond donors (Lipinski definition) is 1. The van der Waals surface area contributed by atoms with Crippen LogP contribution >= 0.6 is 0 Å². The molecule has 116 valence electrons. The summed E-state index contributed by atoms with van der Waals surface area (Å²) < 4.78 is 51.0. The van der Waals surface area contributed by atoms with Gasteiger partial charge >= 0.3 is 12.1 Å². The highest BCUT2D eigenvalue weighted by atomic mass is 19.4. The molecule has 0 atom stereocenters. The van der Waals surface area contributed by atoms with Crippen molar-refractivity contribution in [3.05, 3.63) is 35.1 Å². The molecule has 0 aliphatic heterocycles. The SMILES string of the molecule is CC(C)N(CC(=O)O)C(=O)c1cc(F)cc(C(F)(F)F)c1. The Morgan fingerprint density at radius 3 is 2.24 bits per heavy atom. The van der Waals surface area contributed by atoms with Crippen LogP contribution in [0.25, 0.3) is 0 Å². The van der Waals surface area contributed by atoms with E-state index in [1.165, 1.54) is 13.8 Å². The molecule has 0 aliphatic carbocycles. The molecule has 0 aromatic heterocycles. The number of nitrogens with zero attached hydrogens (tertiary/aromatic N) is 1. The van der Waals surface area contributed by atoms with Gasteiger partial charge in [-0.05, 0) is 32.0 Å². The second-order valence-corrected chi connectivity index (χ2v) is 4.65. The lowest BCUT2D eigenvalue weighted by Gasteiger charge is -2.25. The number of carbonyl (C=O) groups excluding carboxylic acids is 1. The van der Waals surface area contributed by atoms with Gasteiger partial charge in [-0.15, -0.1) is 0 Å². The first-order chi connectivity index (χ1) is 9.52. The standard InChI is InChI=1S/C13H13F4NO3/c1-7(2)18(6-11(19)20)12(21)8-3-9(13(15,16)17)5-10(14)4-8/h3-5,7H,6H2,1-2H3,(H,19,20). The van der Waals surface area contributed by atoms with E-state index in [0.717, 1.165) is 4.90 Å². The first-order valence-electron chi connectivity index (χ1n) is 5.93. The number of amides is 1. The molecule has 1 rings (SSSR count). The van der Waals surface area contributed by atoms with Gasteiger partial charge in [-0.2, -0.15) is 13.2 Å². The number of hydrogen-bond acceptors (Lipinski definition) is 2. The van der Waals surface area contributed by atoms with Crippen molar-refractivity contribution in [2.24, 2.45) is 0 Å². The van der Waals surface area contributed by atoms with Crippen molar-refractivity contribution in [1.82, 2.24) is 4.90 Å². The zero-order valence-corrected chi connectivity index (χ0v) is 11.2. The number of halogens is 4. The van der Waals surface area contributed by atoms with Crippen LogP contribution in [-0.2, 0) is 11.0 Å². The number of rotatable bonds is 4. The summed E-state index contributed by atoms with van der Waals surface area (Å²) in [6.45, 7) is 2.32. The van der Waals surface area contributed by atoms with Gasteiger partial charge in [-0.1, -0.05) is 0 Å². The second kappa shape index (κ2) is 6.11. The maximum atomic E-state index is 13.3. The third kappa shape index (κ3) is 4.44. The fourth-order valence-corrected chi connectivity index (χ4v) is 1.68. The molecule has 0 fully saturated rings. The number of aliphatic carboxylic acids is 1. The van der Waals surface area contributed by atoms with Crippen molar-refractivity contribution in [3.8, 4) is 0 Å². The van der Waals surface area contributed by atoms with Gasteiger partial charge in [-0.3, -0.25) is 9.59 Å². The van der Waals surface area contributed by atoms with E-state index >= 15 is 0 Å². The van der Waals surface area contributed by atoms with E-state index in [4.69, 9.17) is 5.11 Å². The van der Waals surface area contributed by atoms with Crippen LogP contribution in [0.2, 0.25) is 0 Å². The van der Waals surface area contributed by atoms with Gasteiger partial charge < -0.3 is 10.0 Å². The van der Waals surface area contributed by atoms with Gasteiger partial charge in [-0.25, -0.2) is 4.39 Å². The lowest BCUT2D eigenvalue weighted by molar-refractivity contribution is -0.139. The molecule has 0 bridgehead atoms. The van der Waals surface area contributed by atoms with Crippen LogP contribution in [0.15, 0.2) is 18.2 Å². The smallest absolute Gasteiger partial charge is 0.416 e. The zero-order valence-electron chi connectivity index (χ0n) is 11.2. The number of carbonyl (C=O) groups is 2. The van der Waals surface area contributed by atoms with E-state index in [2.05, 4.69) is 0 Å². The molecule has 0 heterocycles. The third-order valence-electron chi connectivity index (χ3n) is 2.66. The lowest BCUT2D eigenvalue weighted by Crippen LogP contribution is -2.40. The summed E-state index contributed by atoms with van der Waals surface area (Å²) in [4.78, 5) is 23.6. The average molecular weight is 307 g/mol. The second-order valence-electron chi connectivity index (χ2n) is 4.65. The monoisotopic (exact) mass is 307 g/mol. The maximum Gasteiger partial charge on any atom is 0.416 e. The van der Waals surface area contributed by atoms with Crippen LogP contribution in [0, 0.1) is 5.82 Å². The van der Waals surface area contributed by atoms with Gasteiger partial charge in [0.1, 0.15) is 12.4 Å².